The summed E-state index contributed by atoms with van der Waals surface area (Å²) in [4.78, 5) is 36.3. The monoisotopic (exact) mass is 425 g/mol. The number of alkyl carbamates (subject to hydrolysis) is 1. The zero-order chi connectivity index (χ0) is 22.8. The van der Waals surface area contributed by atoms with Gasteiger partial charge in [0.05, 0.1) is 5.92 Å². The first-order valence-corrected chi connectivity index (χ1v) is 10.2. The predicted molar refractivity (Wildman–Crippen MR) is 115 cm³/mol. The Morgan fingerprint density at radius 2 is 1.52 bits per heavy atom. The molecule has 2 N–H and O–H groups in total. The topological polar surface area (TPSA) is 102 Å². The number of hydrogen-bond donors (Lipinski definition) is 2. The fourth-order valence-electron chi connectivity index (χ4n) is 3.70. The fourth-order valence-corrected chi connectivity index (χ4v) is 3.70. The van der Waals surface area contributed by atoms with Crippen LogP contribution in [-0.4, -0.2) is 41.4 Å². The number of hydrogen-bond acceptors (Lipinski definition) is 5. The van der Waals surface area contributed by atoms with Crippen molar-refractivity contribution in [1.82, 2.24) is 5.32 Å². The number of carbonyl (C=O) groups is 3. The fraction of sp³-hybridized carbons (Fsp3) is 0.375. The van der Waals surface area contributed by atoms with Gasteiger partial charge in [-0.25, -0.2) is 9.59 Å². The Kier molecular flexibility index (Phi) is 6.34. The van der Waals surface area contributed by atoms with Crippen LogP contribution < -0.4 is 5.32 Å². The first-order valence-electron chi connectivity index (χ1n) is 10.2. The van der Waals surface area contributed by atoms with Crippen LogP contribution >= 0.6 is 0 Å². The number of carbonyl (C=O) groups excluding carboxylic acids is 2. The van der Waals surface area contributed by atoms with E-state index in [9.17, 15) is 19.5 Å². The molecule has 0 aliphatic heterocycles. The molecule has 1 amide bonds. The van der Waals surface area contributed by atoms with E-state index in [-0.39, 0.29) is 12.5 Å². The molecule has 0 saturated carbocycles. The van der Waals surface area contributed by atoms with E-state index in [2.05, 4.69) is 5.32 Å². The van der Waals surface area contributed by atoms with Gasteiger partial charge in [0.15, 0.2) is 0 Å². The van der Waals surface area contributed by atoms with Gasteiger partial charge in [0.25, 0.3) is 0 Å². The van der Waals surface area contributed by atoms with Gasteiger partial charge in [0.2, 0.25) is 0 Å². The van der Waals surface area contributed by atoms with Crippen molar-refractivity contribution >= 4 is 18.0 Å². The molecule has 3 rings (SSSR count). The SMILES string of the molecule is CC(C(=O)OC(C)(C)C)[C@H](NC(=O)OCC1c2ccccc2-c2ccccc21)C(=O)O. The first-order chi connectivity index (χ1) is 14.6. The summed E-state index contributed by atoms with van der Waals surface area (Å²) < 4.78 is 10.6. The molecule has 0 saturated heterocycles. The highest BCUT2D eigenvalue weighted by molar-refractivity contribution is 5.87. The van der Waals surface area contributed by atoms with Crippen molar-refractivity contribution in [3.8, 4) is 11.1 Å². The average molecular weight is 425 g/mol. The summed E-state index contributed by atoms with van der Waals surface area (Å²) in [6.07, 6.45) is -0.898. The molecule has 1 unspecified atom stereocenters. The predicted octanol–water partition coefficient (Wildman–Crippen LogP) is 3.96. The second-order valence-corrected chi connectivity index (χ2v) is 8.61. The zero-order valence-electron chi connectivity index (χ0n) is 18.0. The van der Waals surface area contributed by atoms with Crippen LogP contribution in [0.15, 0.2) is 48.5 Å². The van der Waals surface area contributed by atoms with Crippen molar-refractivity contribution in [1.29, 1.82) is 0 Å². The zero-order valence-corrected chi connectivity index (χ0v) is 18.0. The first kappa shape index (κ1) is 22.3. The van der Waals surface area contributed by atoms with Crippen molar-refractivity contribution in [3.05, 3.63) is 59.7 Å². The van der Waals surface area contributed by atoms with Crippen molar-refractivity contribution in [2.75, 3.05) is 6.61 Å². The molecule has 0 fully saturated rings. The Morgan fingerprint density at radius 1 is 1.00 bits per heavy atom. The Labute approximate surface area is 181 Å². The number of amides is 1. The van der Waals surface area contributed by atoms with E-state index in [0.717, 1.165) is 22.3 Å². The normalized spacial score (nSPS) is 14.7. The molecule has 0 radical (unpaired) electrons. The summed E-state index contributed by atoms with van der Waals surface area (Å²) in [6.45, 7) is 6.51. The van der Waals surface area contributed by atoms with E-state index >= 15 is 0 Å². The number of aliphatic carboxylic acids is 1. The number of carboxylic acid groups (broad SMARTS) is 1. The summed E-state index contributed by atoms with van der Waals surface area (Å²) in [5.41, 5.74) is 3.52. The van der Waals surface area contributed by atoms with E-state index in [0.29, 0.717) is 0 Å². The molecule has 31 heavy (non-hydrogen) atoms. The van der Waals surface area contributed by atoms with Gasteiger partial charge < -0.3 is 19.9 Å². The lowest BCUT2D eigenvalue weighted by Gasteiger charge is -2.25. The van der Waals surface area contributed by atoms with E-state index in [1.165, 1.54) is 6.92 Å². The van der Waals surface area contributed by atoms with Crippen molar-refractivity contribution < 1.29 is 29.0 Å². The molecular weight excluding hydrogens is 398 g/mol. The molecule has 0 aromatic heterocycles. The van der Waals surface area contributed by atoms with Crippen LogP contribution in [-0.2, 0) is 19.1 Å². The van der Waals surface area contributed by atoms with E-state index in [4.69, 9.17) is 9.47 Å². The third-order valence-corrected chi connectivity index (χ3v) is 5.16. The van der Waals surface area contributed by atoms with Gasteiger partial charge in [-0.1, -0.05) is 48.5 Å². The lowest BCUT2D eigenvalue weighted by atomic mass is 9.98. The second kappa shape index (κ2) is 8.79. The smallest absolute Gasteiger partial charge is 0.407 e. The summed E-state index contributed by atoms with van der Waals surface area (Å²) in [6, 6.07) is 14.3. The number of benzene rings is 2. The Hall–Kier alpha value is -3.35. The van der Waals surface area contributed by atoms with Gasteiger partial charge in [0.1, 0.15) is 18.2 Å². The summed E-state index contributed by atoms with van der Waals surface area (Å²) >= 11 is 0. The number of carboxylic acids is 1. The maximum Gasteiger partial charge on any atom is 0.407 e. The molecule has 7 heteroatoms. The minimum atomic E-state index is -1.47. The van der Waals surface area contributed by atoms with Gasteiger partial charge >= 0.3 is 18.0 Å². The average Bonchev–Trinajstić information content (AvgIpc) is 3.02. The maximum atomic E-state index is 12.4. The number of nitrogens with one attached hydrogen (secondary N) is 1. The number of ether oxygens (including phenoxy) is 2. The van der Waals surface area contributed by atoms with Crippen LogP contribution in [0.3, 0.4) is 0 Å². The highest BCUT2D eigenvalue weighted by atomic mass is 16.6. The van der Waals surface area contributed by atoms with Gasteiger partial charge in [-0.2, -0.15) is 0 Å². The van der Waals surface area contributed by atoms with Crippen LogP contribution in [0.4, 0.5) is 4.79 Å². The largest absolute Gasteiger partial charge is 0.480 e. The number of esters is 1. The van der Waals surface area contributed by atoms with Crippen LogP contribution in [0, 0.1) is 5.92 Å². The molecule has 0 bridgehead atoms. The molecule has 1 aliphatic carbocycles. The third kappa shape index (κ3) is 5.05. The molecule has 0 spiro atoms. The standard InChI is InChI=1S/C24H27NO6/c1-14(22(28)31-24(2,3)4)20(21(26)27)25-23(29)30-13-19-17-11-7-5-9-15(17)16-10-6-8-12-18(16)19/h5-12,14,19-20H,13H2,1-4H3,(H,25,29)(H,26,27)/t14?,20-/m0/s1. The van der Waals surface area contributed by atoms with E-state index in [1.54, 1.807) is 20.8 Å². The van der Waals surface area contributed by atoms with Crippen LogP contribution in [0.5, 0.6) is 0 Å². The van der Waals surface area contributed by atoms with Gasteiger partial charge in [-0.15, -0.1) is 0 Å². The molecule has 7 nitrogen and oxygen atoms in total. The third-order valence-electron chi connectivity index (χ3n) is 5.16. The van der Waals surface area contributed by atoms with Crippen LogP contribution in [0.1, 0.15) is 44.7 Å². The van der Waals surface area contributed by atoms with E-state index in [1.807, 2.05) is 48.5 Å². The molecule has 2 aromatic rings. The Bertz CT molecular complexity index is 948. The van der Waals surface area contributed by atoms with Crippen LogP contribution in [0.2, 0.25) is 0 Å². The molecule has 1 aliphatic rings. The summed E-state index contributed by atoms with van der Waals surface area (Å²) in [7, 11) is 0. The Morgan fingerprint density at radius 3 is 2.00 bits per heavy atom. The summed E-state index contributed by atoms with van der Waals surface area (Å²) in [5, 5.41) is 11.8. The minimum absolute atomic E-state index is 0.0486. The quantitative estimate of drug-likeness (QED) is 0.680. The van der Waals surface area contributed by atoms with Gasteiger partial charge in [0, 0.05) is 5.92 Å². The van der Waals surface area contributed by atoms with Crippen molar-refractivity contribution in [2.45, 2.75) is 45.3 Å². The number of rotatable bonds is 6. The lowest BCUT2D eigenvalue weighted by Crippen LogP contribution is -2.49. The highest BCUT2D eigenvalue weighted by Crippen LogP contribution is 2.44. The highest BCUT2D eigenvalue weighted by Gasteiger charge is 2.35. The second-order valence-electron chi connectivity index (χ2n) is 8.61. The van der Waals surface area contributed by atoms with Crippen molar-refractivity contribution in [2.24, 2.45) is 5.92 Å². The summed E-state index contributed by atoms with van der Waals surface area (Å²) in [5.74, 6) is -3.28. The molecule has 0 heterocycles. The van der Waals surface area contributed by atoms with Gasteiger partial charge in [-0.3, -0.25) is 4.79 Å². The Balaban J connectivity index is 1.68. The van der Waals surface area contributed by atoms with Crippen LogP contribution in [0.25, 0.3) is 11.1 Å². The molecule has 164 valence electrons. The minimum Gasteiger partial charge on any atom is -0.480 e. The molecule has 2 atom stereocenters. The van der Waals surface area contributed by atoms with Crippen molar-refractivity contribution in [3.63, 3.8) is 0 Å². The molecular formula is C24H27NO6. The van der Waals surface area contributed by atoms with Gasteiger partial charge in [-0.05, 0) is 49.9 Å². The number of fused-ring (bicyclic) bond motifs is 3. The van der Waals surface area contributed by atoms with E-state index < -0.39 is 35.6 Å². The lowest BCUT2D eigenvalue weighted by molar-refractivity contribution is -0.163. The maximum absolute atomic E-state index is 12.4. The molecule has 2 aromatic carbocycles.